The molecule has 0 bridgehead atoms. The van der Waals surface area contributed by atoms with Crippen molar-refractivity contribution in [3.63, 3.8) is 0 Å². The third kappa shape index (κ3) is 23.6. The molecule has 0 rings (SSSR count). The molecule has 0 heterocycles. The number of hydrogen-bond donors (Lipinski definition) is 0. The Morgan fingerprint density at radius 2 is 1.20 bits per heavy atom. The van der Waals surface area contributed by atoms with Crippen molar-refractivity contribution in [2.75, 3.05) is 0 Å². The van der Waals surface area contributed by atoms with Gasteiger partial charge in [-0.3, -0.25) is 9.59 Å². The van der Waals surface area contributed by atoms with Gasteiger partial charge in [0.25, 0.3) is 0 Å². The van der Waals surface area contributed by atoms with Gasteiger partial charge < -0.3 is 11.0 Å². The predicted molar refractivity (Wildman–Crippen MR) is 41.8 cm³/mol. The van der Waals surface area contributed by atoms with E-state index in [0.717, 1.165) is 0 Å². The number of rotatable bonds is 2. The molecule has 4 N–H and O–H groups in total. The molecule has 0 spiro atoms. The van der Waals surface area contributed by atoms with Gasteiger partial charge in [0, 0.05) is 0 Å². The molecule has 0 fully saturated rings. The summed E-state index contributed by atoms with van der Waals surface area (Å²) in [6, 6.07) is 0. The molecular formula is C5H14CaO4. The predicted octanol–water partition coefficient (Wildman–Crippen LogP) is -2.01. The molecule has 0 unspecified atom stereocenters. The van der Waals surface area contributed by atoms with Crippen molar-refractivity contribution >= 4 is 49.3 Å². The molecule has 0 aliphatic heterocycles. The molecule has 0 aromatic carbocycles. The molecule has 0 saturated carbocycles. The first kappa shape index (κ1) is 22.4. The molecule has 10 heavy (non-hydrogen) atoms. The van der Waals surface area contributed by atoms with Gasteiger partial charge in [-0.2, -0.15) is 0 Å². The van der Waals surface area contributed by atoms with Crippen molar-refractivity contribution in [3.05, 3.63) is 0 Å². The van der Waals surface area contributed by atoms with Gasteiger partial charge in [0.15, 0.2) is 0 Å². The summed E-state index contributed by atoms with van der Waals surface area (Å²) >= 11 is 0. The number of carbonyl (C=O) groups excluding carboxylic acids is 2. The molecule has 0 aromatic rings. The molecular weight excluding hydrogens is 164 g/mol. The Kier molecular flexibility index (Phi) is 27.4. The van der Waals surface area contributed by atoms with Gasteiger partial charge in [-0.05, 0) is 13.8 Å². The van der Waals surface area contributed by atoms with Crippen LogP contribution in [-0.2, 0) is 9.59 Å². The van der Waals surface area contributed by atoms with Gasteiger partial charge in [-0.25, -0.2) is 0 Å². The van der Waals surface area contributed by atoms with Crippen LogP contribution in [0.1, 0.15) is 20.3 Å². The van der Waals surface area contributed by atoms with E-state index in [1.54, 1.807) is 0 Å². The Morgan fingerprint density at radius 1 is 1.00 bits per heavy atom. The topological polar surface area (TPSA) is 97.1 Å². The SMILES string of the molecule is CC(=O)CC(C)=O.O.O.[CaH2]. The van der Waals surface area contributed by atoms with E-state index in [0.29, 0.717) is 0 Å². The number of ketones is 2. The van der Waals surface area contributed by atoms with Crippen molar-refractivity contribution in [1.82, 2.24) is 0 Å². The Bertz CT molecular complexity index is 89.8. The van der Waals surface area contributed by atoms with Crippen LogP contribution in [0.5, 0.6) is 0 Å². The van der Waals surface area contributed by atoms with E-state index in [4.69, 9.17) is 0 Å². The van der Waals surface area contributed by atoms with E-state index in [-0.39, 0.29) is 66.7 Å². The molecule has 0 aromatic heterocycles. The van der Waals surface area contributed by atoms with Crippen molar-refractivity contribution in [2.45, 2.75) is 20.3 Å². The molecule has 4 nitrogen and oxygen atoms in total. The fourth-order valence-corrected chi connectivity index (χ4v) is 0.351. The first-order chi connectivity index (χ1) is 3.13. The van der Waals surface area contributed by atoms with Gasteiger partial charge >= 0.3 is 37.7 Å². The summed E-state index contributed by atoms with van der Waals surface area (Å²) in [4.78, 5) is 20.1. The van der Waals surface area contributed by atoms with Crippen LogP contribution in [0, 0.1) is 0 Å². The van der Waals surface area contributed by atoms with Gasteiger partial charge in [-0.15, -0.1) is 0 Å². The first-order valence-electron chi connectivity index (χ1n) is 2.12. The van der Waals surface area contributed by atoms with E-state index >= 15 is 0 Å². The molecule has 0 aliphatic carbocycles. The van der Waals surface area contributed by atoms with Crippen molar-refractivity contribution < 1.29 is 20.5 Å². The minimum atomic E-state index is -0.0625. The Hall–Kier alpha value is 0.520. The van der Waals surface area contributed by atoms with Crippen LogP contribution >= 0.6 is 0 Å². The van der Waals surface area contributed by atoms with Crippen molar-refractivity contribution in [2.24, 2.45) is 0 Å². The first-order valence-corrected chi connectivity index (χ1v) is 2.12. The standard InChI is InChI=1S/C5H8O2.Ca.2H2O.2H/c1-4(6)3-5(2)7;;;;;/h3H2,1-2H3;;2*1H2;;. The molecule has 0 saturated heterocycles. The van der Waals surface area contributed by atoms with E-state index in [2.05, 4.69) is 0 Å². The third-order valence-electron chi connectivity index (χ3n) is 0.498. The normalized spacial score (nSPS) is 5.80. The van der Waals surface area contributed by atoms with Crippen molar-refractivity contribution in [3.8, 4) is 0 Å². The van der Waals surface area contributed by atoms with Crippen LogP contribution in [0.15, 0.2) is 0 Å². The summed E-state index contributed by atoms with van der Waals surface area (Å²) in [5.41, 5.74) is 0. The zero-order chi connectivity index (χ0) is 5.86. The summed E-state index contributed by atoms with van der Waals surface area (Å²) in [6.45, 7) is 2.81. The number of hydrogen-bond acceptors (Lipinski definition) is 2. The zero-order valence-electron chi connectivity index (χ0n) is 5.52. The second kappa shape index (κ2) is 12.2. The summed E-state index contributed by atoms with van der Waals surface area (Å²) in [5.74, 6) is -0.125. The van der Waals surface area contributed by atoms with E-state index in [1.807, 2.05) is 0 Å². The van der Waals surface area contributed by atoms with Gasteiger partial charge in [-0.1, -0.05) is 0 Å². The van der Waals surface area contributed by atoms with Crippen LogP contribution in [0.25, 0.3) is 0 Å². The average molecular weight is 178 g/mol. The van der Waals surface area contributed by atoms with E-state index in [9.17, 15) is 9.59 Å². The Labute approximate surface area is 89.6 Å². The van der Waals surface area contributed by atoms with Gasteiger partial charge in [0.1, 0.15) is 11.6 Å². The fourth-order valence-electron chi connectivity index (χ4n) is 0.351. The maximum atomic E-state index is 10.0. The molecule has 5 heteroatoms. The maximum absolute atomic E-state index is 10.0. The molecule has 60 valence electrons. The van der Waals surface area contributed by atoms with Gasteiger partial charge in [0.05, 0.1) is 6.42 Å². The second-order valence-electron chi connectivity index (χ2n) is 1.58. The summed E-state index contributed by atoms with van der Waals surface area (Å²) in [5, 5.41) is 0. The van der Waals surface area contributed by atoms with E-state index < -0.39 is 0 Å². The molecule has 0 amide bonds. The molecule has 0 atom stereocenters. The van der Waals surface area contributed by atoms with Crippen LogP contribution in [0.4, 0.5) is 0 Å². The Balaban J connectivity index is -0.0000000600. The van der Waals surface area contributed by atoms with Crippen LogP contribution in [0.3, 0.4) is 0 Å². The monoisotopic (exact) mass is 178 g/mol. The quantitative estimate of drug-likeness (QED) is 0.360. The third-order valence-corrected chi connectivity index (χ3v) is 0.498. The number of Topliss-reactive ketones (excluding diaryl/α,β-unsaturated/α-hetero) is 2. The van der Waals surface area contributed by atoms with Gasteiger partial charge in [0.2, 0.25) is 0 Å². The summed E-state index contributed by atoms with van der Waals surface area (Å²) in [6.07, 6.45) is 0.0833. The zero-order valence-corrected chi connectivity index (χ0v) is 5.52. The summed E-state index contributed by atoms with van der Waals surface area (Å²) < 4.78 is 0. The van der Waals surface area contributed by atoms with E-state index in [1.165, 1.54) is 13.8 Å². The molecule has 0 aliphatic rings. The minimum absolute atomic E-state index is 0. The van der Waals surface area contributed by atoms with Crippen molar-refractivity contribution in [1.29, 1.82) is 0 Å². The fraction of sp³-hybridized carbons (Fsp3) is 0.600. The Morgan fingerprint density at radius 3 is 1.20 bits per heavy atom. The second-order valence-corrected chi connectivity index (χ2v) is 1.58. The van der Waals surface area contributed by atoms with Crippen LogP contribution in [0.2, 0.25) is 0 Å². The van der Waals surface area contributed by atoms with Crippen LogP contribution < -0.4 is 0 Å². The summed E-state index contributed by atoms with van der Waals surface area (Å²) in [7, 11) is 0. The average Bonchev–Trinajstić information content (AvgIpc) is 1.27. The van der Waals surface area contributed by atoms with Crippen LogP contribution in [-0.4, -0.2) is 60.3 Å². The molecule has 0 radical (unpaired) electrons. The number of carbonyl (C=O) groups is 2.